The lowest BCUT2D eigenvalue weighted by Gasteiger charge is -2.16. The summed E-state index contributed by atoms with van der Waals surface area (Å²) in [4.78, 5) is 34.0. The van der Waals surface area contributed by atoms with Crippen molar-refractivity contribution in [3.05, 3.63) is 0 Å². The molecule has 0 bridgehead atoms. The molecule has 3 atom stereocenters. The number of urea groups is 1. The van der Waals surface area contributed by atoms with Gasteiger partial charge in [0.1, 0.15) is 0 Å². The summed E-state index contributed by atoms with van der Waals surface area (Å²) in [5, 5.41) is 6.26. The van der Waals surface area contributed by atoms with Crippen LogP contribution in [0.2, 0.25) is 0 Å². The second-order valence-electron chi connectivity index (χ2n) is 5.25. The van der Waals surface area contributed by atoms with Gasteiger partial charge < -0.3 is 16.4 Å². The normalized spacial score (nSPS) is 27.9. The zero-order valence-corrected chi connectivity index (χ0v) is 12.2. The van der Waals surface area contributed by atoms with Crippen LogP contribution >= 0.6 is 11.8 Å². The standard InChI is InChI=1S/C13H21N3O3S/c14-6-5-10(18)9(17)3-1-2-4-11-12-8(7-20-11)15-13(19)16-12/h8,11-12H,1-7,14H2,(H2,15,16,19)/t8-,11-,12-/m0/s1. The number of Topliss-reactive ketones (excluding diaryl/α,β-unsaturated/α-hetero) is 2. The van der Waals surface area contributed by atoms with E-state index in [2.05, 4.69) is 10.6 Å². The lowest BCUT2D eigenvalue weighted by Crippen LogP contribution is -2.36. The summed E-state index contributed by atoms with van der Waals surface area (Å²) < 4.78 is 0. The quantitative estimate of drug-likeness (QED) is 0.338. The van der Waals surface area contributed by atoms with E-state index < -0.39 is 0 Å². The Kier molecular flexibility index (Phi) is 5.42. The summed E-state index contributed by atoms with van der Waals surface area (Å²) in [7, 11) is 0. The van der Waals surface area contributed by atoms with Crippen LogP contribution in [0.15, 0.2) is 0 Å². The molecule has 0 aromatic heterocycles. The van der Waals surface area contributed by atoms with Crippen LogP contribution in [0.4, 0.5) is 4.79 Å². The Morgan fingerprint density at radius 2 is 1.95 bits per heavy atom. The van der Waals surface area contributed by atoms with Crippen molar-refractivity contribution in [1.29, 1.82) is 0 Å². The van der Waals surface area contributed by atoms with E-state index >= 15 is 0 Å². The molecule has 7 heteroatoms. The number of carbonyl (C=O) groups is 3. The van der Waals surface area contributed by atoms with Crippen LogP contribution in [0.25, 0.3) is 0 Å². The molecule has 0 aliphatic carbocycles. The van der Waals surface area contributed by atoms with E-state index in [-0.39, 0.29) is 42.6 Å². The Morgan fingerprint density at radius 1 is 1.20 bits per heavy atom. The van der Waals surface area contributed by atoms with Gasteiger partial charge in [0.25, 0.3) is 0 Å². The van der Waals surface area contributed by atoms with Gasteiger partial charge in [-0.15, -0.1) is 0 Å². The first-order valence-electron chi connectivity index (χ1n) is 7.06. The van der Waals surface area contributed by atoms with Crippen LogP contribution in [0.1, 0.15) is 32.1 Å². The van der Waals surface area contributed by atoms with E-state index in [1.165, 1.54) is 0 Å². The minimum absolute atomic E-state index is 0.0761. The number of unbranched alkanes of at least 4 members (excludes halogenated alkanes) is 1. The second-order valence-corrected chi connectivity index (χ2v) is 6.52. The highest BCUT2D eigenvalue weighted by Crippen LogP contribution is 2.33. The molecule has 0 radical (unpaired) electrons. The highest BCUT2D eigenvalue weighted by Gasteiger charge is 2.42. The predicted molar refractivity (Wildman–Crippen MR) is 77.6 cm³/mol. The molecule has 2 heterocycles. The van der Waals surface area contributed by atoms with Crippen molar-refractivity contribution in [2.24, 2.45) is 5.73 Å². The topological polar surface area (TPSA) is 101 Å². The van der Waals surface area contributed by atoms with Gasteiger partial charge >= 0.3 is 6.03 Å². The lowest BCUT2D eigenvalue weighted by atomic mass is 10.0. The lowest BCUT2D eigenvalue weighted by molar-refractivity contribution is -0.136. The van der Waals surface area contributed by atoms with Crippen molar-refractivity contribution in [2.45, 2.75) is 49.4 Å². The molecule has 2 fully saturated rings. The second kappa shape index (κ2) is 7.08. The first kappa shape index (κ1) is 15.3. The van der Waals surface area contributed by atoms with Crippen molar-refractivity contribution in [3.63, 3.8) is 0 Å². The summed E-state index contributed by atoms with van der Waals surface area (Å²) in [5.74, 6) is 0.292. The highest BCUT2D eigenvalue weighted by molar-refractivity contribution is 8.00. The zero-order valence-electron chi connectivity index (χ0n) is 11.4. The van der Waals surface area contributed by atoms with E-state index in [1.807, 2.05) is 11.8 Å². The fourth-order valence-corrected chi connectivity index (χ4v) is 4.23. The van der Waals surface area contributed by atoms with Crippen molar-refractivity contribution in [3.8, 4) is 0 Å². The average Bonchev–Trinajstić information content (AvgIpc) is 2.94. The SMILES string of the molecule is NCCC(=O)C(=O)CCCC[C@@H]1SC[C@@H]2NC(=O)N[C@@H]21. The molecule has 6 nitrogen and oxygen atoms in total. The van der Waals surface area contributed by atoms with Crippen LogP contribution in [0.3, 0.4) is 0 Å². The van der Waals surface area contributed by atoms with Gasteiger partial charge in [-0.1, -0.05) is 6.42 Å². The molecule has 2 aliphatic rings. The van der Waals surface area contributed by atoms with Crippen LogP contribution in [-0.2, 0) is 9.59 Å². The minimum atomic E-state index is -0.352. The predicted octanol–water partition coefficient (Wildman–Crippen LogP) is 0.199. The highest BCUT2D eigenvalue weighted by atomic mass is 32.2. The first-order chi connectivity index (χ1) is 9.61. The summed E-state index contributed by atoms with van der Waals surface area (Å²) in [5.41, 5.74) is 5.25. The number of fused-ring (bicyclic) bond motifs is 1. The molecule has 20 heavy (non-hydrogen) atoms. The number of rotatable bonds is 8. The maximum atomic E-state index is 11.5. The molecule has 112 valence electrons. The zero-order chi connectivity index (χ0) is 14.5. The minimum Gasteiger partial charge on any atom is -0.332 e. The summed E-state index contributed by atoms with van der Waals surface area (Å²) >= 11 is 1.86. The fourth-order valence-electron chi connectivity index (χ4n) is 2.68. The number of hydrogen-bond donors (Lipinski definition) is 3. The van der Waals surface area contributed by atoms with Gasteiger partial charge in [0, 0.05) is 23.8 Å². The molecule has 0 aromatic rings. The largest absolute Gasteiger partial charge is 0.332 e. The Morgan fingerprint density at radius 3 is 2.70 bits per heavy atom. The van der Waals surface area contributed by atoms with E-state index in [0.29, 0.717) is 11.7 Å². The summed E-state index contributed by atoms with van der Waals surface area (Å²) in [6, 6.07) is 0.375. The van der Waals surface area contributed by atoms with Crippen LogP contribution < -0.4 is 16.4 Å². The third-order valence-corrected chi connectivity index (χ3v) is 5.27. The number of ketones is 2. The van der Waals surface area contributed by atoms with Gasteiger partial charge in [-0.05, 0) is 19.4 Å². The Labute approximate surface area is 122 Å². The number of nitrogens with one attached hydrogen (secondary N) is 2. The molecule has 2 aliphatic heterocycles. The number of amides is 2. The first-order valence-corrected chi connectivity index (χ1v) is 8.11. The van der Waals surface area contributed by atoms with Crippen molar-refractivity contribution in [1.82, 2.24) is 10.6 Å². The van der Waals surface area contributed by atoms with Crippen LogP contribution in [-0.4, -0.2) is 47.2 Å². The molecule has 4 N–H and O–H groups in total. The molecular weight excluding hydrogens is 278 g/mol. The average molecular weight is 299 g/mol. The molecule has 2 saturated heterocycles. The molecule has 0 unspecified atom stereocenters. The summed E-state index contributed by atoms with van der Waals surface area (Å²) in [6.07, 6.45) is 3.06. The fraction of sp³-hybridized carbons (Fsp3) is 0.769. The molecule has 2 amide bonds. The molecule has 0 aromatic carbocycles. The number of carbonyl (C=O) groups excluding carboxylic acids is 3. The molecule has 0 spiro atoms. The third-order valence-electron chi connectivity index (χ3n) is 3.76. The van der Waals surface area contributed by atoms with Crippen molar-refractivity contribution >= 4 is 29.4 Å². The molecule has 0 saturated carbocycles. The Hall–Kier alpha value is -1.08. The van der Waals surface area contributed by atoms with Crippen LogP contribution in [0, 0.1) is 0 Å². The third kappa shape index (κ3) is 3.73. The van der Waals surface area contributed by atoms with Crippen molar-refractivity contribution < 1.29 is 14.4 Å². The maximum Gasteiger partial charge on any atom is 0.315 e. The van der Waals surface area contributed by atoms with Crippen LogP contribution in [0.5, 0.6) is 0 Å². The summed E-state index contributed by atoms with van der Waals surface area (Å²) in [6.45, 7) is 0.235. The van der Waals surface area contributed by atoms with Gasteiger partial charge in [-0.25, -0.2) is 4.79 Å². The maximum absolute atomic E-state index is 11.5. The smallest absolute Gasteiger partial charge is 0.315 e. The van der Waals surface area contributed by atoms with E-state index in [9.17, 15) is 14.4 Å². The van der Waals surface area contributed by atoms with Gasteiger partial charge in [-0.2, -0.15) is 11.8 Å². The van der Waals surface area contributed by atoms with E-state index in [4.69, 9.17) is 5.73 Å². The number of thioether (sulfide) groups is 1. The number of hydrogen-bond acceptors (Lipinski definition) is 5. The van der Waals surface area contributed by atoms with Gasteiger partial charge in [0.15, 0.2) is 11.6 Å². The Bertz CT molecular complexity index is 402. The number of nitrogens with two attached hydrogens (primary N) is 1. The van der Waals surface area contributed by atoms with Gasteiger partial charge in [0.05, 0.1) is 12.1 Å². The van der Waals surface area contributed by atoms with E-state index in [0.717, 1.165) is 25.0 Å². The Balaban J connectivity index is 1.63. The molecular formula is C13H21N3O3S. The van der Waals surface area contributed by atoms with Crippen molar-refractivity contribution in [2.75, 3.05) is 12.3 Å². The monoisotopic (exact) mass is 299 g/mol. The van der Waals surface area contributed by atoms with E-state index in [1.54, 1.807) is 0 Å². The molecule has 2 rings (SSSR count). The van der Waals surface area contributed by atoms with Gasteiger partial charge in [0.2, 0.25) is 0 Å². The van der Waals surface area contributed by atoms with Gasteiger partial charge in [-0.3, -0.25) is 9.59 Å².